The van der Waals surface area contributed by atoms with Crippen LogP contribution in [0.5, 0.6) is 0 Å². The van der Waals surface area contributed by atoms with Gasteiger partial charge in [0.1, 0.15) is 29.7 Å². The largest absolute Gasteiger partial charge is 0.480 e. The van der Waals surface area contributed by atoms with Crippen LogP contribution in [0.3, 0.4) is 0 Å². The maximum absolute atomic E-state index is 13.7. The van der Waals surface area contributed by atoms with Gasteiger partial charge in [-0.2, -0.15) is 0 Å². The summed E-state index contributed by atoms with van der Waals surface area (Å²) in [7, 11) is 0. The van der Waals surface area contributed by atoms with Crippen LogP contribution in [0.2, 0.25) is 0 Å². The fourth-order valence-corrected chi connectivity index (χ4v) is 2.27. The smallest absolute Gasteiger partial charge is 0.322 e. The van der Waals surface area contributed by atoms with Crippen molar-refractivity contribution in [3.63, 3.8) is 0 Å². The zero-order chi connectivity index (χ0) is 20.1. The fourth-order valence-electron chi connectivity index (χ4n) is 2.21. The summed E-state index contributed by atoms with van der Waals surface area (Å²) >= 11 is 5.43. The minimum absolute atomic E-state index is 0.0590. The van der Waals surface area contributed by atoms with Gasteiger partial charge in [0.2, 0.25) is 5.91 Å². The van der Waals surface area contributed by atoms with E-state index < -0.39 is 41.7 Å². The van der Waals surface area contributed by atoms with Crippen LogP contribution >= 0.6 is 11.6 Å². The summed E-state index contributed by atoms with van der Waals surface area (Å²) in [6.07, 6.45) is 0. The zero-order valence-corrected chi connectivity index (χ0v) is 14.4. The van der Waals surface area contributed by atoms with Crippen LogP contribution in [-0.4, -0.2) is 35.3 Å². The molecular formula is C17H14ClF2N3O4. The Hall–Kier alpha value is -3.20. The SMILES string of the molecule is Nc1c(F)cc(-c2ccc(NC(=O)CCl)c(C(=O)NCC(=O)O)c2)cc1F. The molecule has 0 unspecified atom stereocenters. The molecule has 7 nitrogen and oxygen atoms in total. The molecule has 27 heavy (non-hydrogen) atoms. The van der Waals surface area contributed by atoms with E-state index in [1.165, 1.54) is 18.2 Å². The summed E-state index contributed by atoms with van der Waals surface area (Å²) in [6, 6.07) is 5.99. The number of hydrogen-bond acceptors (Lipinski definition) is 4. The van der Waals surface area contributed by atoms with Crippen LogP contribution in [0, 0.1) is 11.6 Å². The summed E-state index contributed by atoms with van der Waals surface area (Å²) in [5, 5.41) is 13.2. The average Bonchev–Trinajstić information content (AvgIpc) is 2.63. The highest BCUT2D eigenvalue weighted by atomic mass is 35.5. The molecule has 0 radical (unpaired) electrons. The van der Waals surface area contributed by atoms with Crippen molar-refractivity contribution < 1.29 is 28.3 Å². The fraction of sp³-hybridized carbons (Fsp3) is 0.118. The zero-order valence-electron chi connectivity index (χ0n) is 13.7. The van der Waals surface area contributed by atoms with E-state index in [1.807, 2.05) is 0 Å². The number of nitrogens with one attached hydrogen (secondary N) is 2. The van der Waals surface area contributed by atoms with E-state index in [0.717, 1.165) is 12.1 Å². The van der Waals surface area contributed by atoms with Crippen molar-refractivity contribution >= 4 is 40.8 Å². The molecular weight excluding hydrogens is 384 g/mol. The predicted octanol–water partition coefficient (Wildman–Crippen LogP) is 2.21. The topological polar surface area (TPSA) is 122 Å². The number of carboxylic acid groups (broad SMARTS) is 1. The number of nitrogen functional groups attached to an aromatic ring is 1. The van der Waals surface area contributed by atoms with Gasteiger partial charge in [-0.05, 0) is 35.4 Å². The van der Waals surface area contributed by atoms with Crippen molar-refractivity contribution in [3.05, 3.63) is 47.5 Å². The third-order valence-electron chi connectivity index (χ3n) is 3.47. The number of rotatable bonds is 6. The minimum Gasteiger partial charge on any atom is -0.480 e. The Morgan fingerprint density at radius 1 is 1.07 bits per heavy atom. The van der Waals surface area contributed by atoms with Crippen LogP contribution in [0.15, 0.2) is 30.3 Å². The molecule has 0 bridgehead atoms. The summed E-state index contributed by atoms with van der Waals surface area (Å²) in [5.74, 6) is -4.98. The Bertz CT molecular complexity index is 898. The molecule has 2 rings (SSSR count). The van der Waals surface area contributed by atoms with Crippen molar-refractivity contribution in [2.75, 3.05) is 23.5 Å². The first kappa shape index (κ1) is 20.1. The molecule has 142 valence electrons. The predicted molar refractivity (Wildman–Crippen MR) is 95.5 cm³/mol. The highest BCUT2D eigenvalue weighted by Crippen LogP contribution is 2.29. The Labute approximate surface area is 157 Å². The van der Waals surface area contributed by atoms with E-state index in [4.69, 9.17) is 22.4 Å². The van der Waals surface area contributed by atoms with Gasteiger partial charge in [-0.25, -0.2) is 8.78 Å². The van der Waals surface area contributed by atoms with Crippen LogP contribution < -0.4 is 16.4 Å². The van der Waals surface area contributed by atoms with Crippen LogP contribution in [0.4, 0.5) is 20.2 Å². The van der Waals surface area contributed by atoms with Crippen LogP contribution in [0.1, 0.15) is 10.4 Å². The van der Waals surface area contributed by atoms with Crippen LogP contribution in [-0.2, 0) is 9.59 Å². The van der Waals surface area contributed by atoms with Crippen molar-refractivity contribution in [2.45, 2.75) is 0 Å². The monoisotopic (exact) mass is 397 g/mol. The van der Waals surface area contributed by atoms with E-state index in [-0.39, 0.29) is 28.3 Å². The van der Waals surface area contributed by atoms with Gasteiger partial charge in [-0.1, -0.05) is 6.07 Å². The first-order valence-corrected chi connectivity index (χ1v) is 8.01. The number of halogens is 3. The Morgan fingerprint density at radius 2 is 1.70 bits per heavy atom. The van der Waals surface area contributed by atoms with Crippen molar-refractivity contribution in [1.82, 2.24) is 5.32 Å². The first-order chi connectivity index (χ1) is 12.7. The third kappa shape index (κ3) is 4.91. The molecule has 0 atom stereocenters. The number of carboxylic acids is 1. The Morgan fingerprint density at radius 3 is 2.26 bits per heavy atom. The summed E-state index contributed by atoms with van der Waals surface area (Å²) in [6.45, 7) is -0.656. The van der Waals surface area contributed by atoms with E-state index in [2.05, 4.69) is 10.6 Å². The third-order valence-corrected chi connectivity index (χ3v) is 3.71. The van der Waals surface area contributed by atoms with Gasteiger partial charge >= 0.3 is 5.97 Å². The van der Waals surface area contributed by atoms with Crippen molar-refractivity contribution in [2.24, 2.45) is 0 Å². The van der Waals surface area contributed by atoms with Gasteiger partial charge in [-0.15, -0.1) is 11.6 Å². The number of anilines is 2. The van der Waals surface area contributed by atoms with Crippen LogP contribution in [0.25, 0.3) is 11.1 Å². The molecule has 0 aliphatic heterocycles. The molecule has 0 aliphatic rings. The lowest BCUT2D eigenvalue weighted by Gasteiger charge is -2.13. The summed E-state index contributed by atoms with van der Waals surface area (Å²) < 4.78 is 27.4. The number of nitrogens with two attached hydrogens (primary N) is 1. The quantitative estimate of drug-likeness (QED) is 0.440. The lowest BCUT2D eigenvalue weighted by molar-refractivity contribution is -0.135. The molecule has 0 fully saturated rings. The minimum atomic E-state index is -1.27. The second kappa shape index (κ2) is 8.45. The second-order valence-electron chi connectivity index (χ2n) is 5.37. The highest BCUT2D eigenvalue weighted by Gasteiger charge is 2.17. The normalized spacial score (nSPS) is 10.3. The molecule has 2 aromatic carbocycles. The van der Waals surface area contributed by atoms with Gasteiger partial charge in [-0.3, -0.25) is 14.4 Å². The van der Waals surface area contributed by atoms with E-state index >= 15 is 0 Å². The standard InChI is InChI=1S/C17H14ClF2N3O4/c18-6-14(24)23-13-2-1-8(3-10(13)17(27)22-7-15(25)26)9-4-11(19)16(21)12(20)5-9/h1-5H,6-7,21H2,(H,22,27)(H,23,24)(H,25,26). The first-order valence-electron chi connectivity index (χ1n) is 7.47. The molecule has 0 aromatic heterocycles. The highest BCUT2D eigenvalue weighted by molar-refractivity contribution is 6.29. The second-order valence-corrected chi connectivity index (χ2v) is 5.64. The number of carbonyl (C=O) groups excluding carboxylic acids is 2. The lowest BCUT2D eigenvalue weighted by Crippen LogP contribution is -2.30. The maximum atomic E-state index is 13.7. The van der Waals surface area contributed by atoms with Gasteiger partial charge in [0.25, 0.3) is 5.91 Å². The van der Waals surface area contributed by atoms with Crippen molar-refractivity contribution in [1.29, 1.82) is 0 Å². The van der Waals surface area contributed by atoms with E-state index in [0.29, 0.717) is 0 Å². The molecule has 10 heteroatoms. The average molecular weight is 398 g/mol. The number of benzene rings is 2. The Balaban J connectivity index is 2.49. The maximum Gasteiger partial charge on any atom is 0.322 e. The number of hydrogen-bond donors (Lipinski definition) is 4. The molecule has 0 spiro atoms. The number of carbonyl (C=O) groups is 3. The summed E-state index contributed by atoms with van der Waals surface area (Å²) in [4.78, 5) is 34.4. The lowest BCUT2D eigenvalue weighted by atomic mass is 10.0. The number of aliphatic carboxylic acids is 1. The van der Waals surface area contributed by atoms with Gasteiger partial charge in [0, 0.05) is 0 Å². The van der Waals surface area contributed by atoms with Gasteiger partial charge < -0.3 is 21.5 Å². The van der Waals surface area contributed by atoms with Crippen molar-refractivity contribution in [3.8, 4) is 11.1 Å². The summed E-state index contributed by atoms with van der Waals surface area (Å²) in [5.41, 5.74) is 4.90. The Kier molecular flexibility index (Phi) is 6.30. The molecule has 0 saturated heterocycles. The molecule has 0 aliphatic carbocycles. The molecule has 2 aromatic rings. The molecule has 2 amide bonds. The van der Waals surface area contributed by atoms with E-state index in [1.54, 1.807) is 0 Å². The van der Waals surface area contributed by atoms with Gasteiger partial charge in [0.15, 0.2) is 0 Å². The molecule has 0 saturated carbocycles. The molecule has 0 heterocycles. The number of amides is 2. The van der Waals surface area contributed by atoms with E-state index in [9.17, 15) is 23.2 Å². The number of alkyl halides is 1. The van der Waals surface area contributed by atoms with Gasteiger partial charge in [0.05, 0.1) is 11.3 Å². The molecule has 5 N–H and O–H groups in total.